The van der Waals surface area contributed by atoms with Gasteiger partial charge in [0.2, 0.25) is 0 Å². The van der Waals surface area contributed by atoms with Crippen molar-refractivity contribution in [2.75, 3.05) is 0 Å². The number of halogens is 4. The van der Waals surface area contributed by atoms with E-state index in [1.54, 1.807) is 43.3 Å². The Bertz CT molecular complexity index is 772. The van der Waals surface area contributed by atoms with Crippen molar-refractivity contribution in [3.05, 3.63) is 67.6 Å². The smallest absolute Gasteiger partial charge is 0.137 e. The zero-order chi connectivity index (χ0) is 19.1. The maximum absolute atomic E-state index is 11.1. The molecule has 2 aromatic carbocycles. The van der Waals surface area contributed by atoms with Gasteiger partial charge in [0.25, 0.3) is 0 Å². The molecule has 0 bridgehead atoms. The second kappa shape index (κ2) is 10.2. The molecule has 2 aromatic rings. The molecule has 0 N–H and O–H groups in total. The minimum absolute atomic E-state index is 0.0965. The van der Waals surface area contributed by atoms with Gasteiger partial charge < -0.3 is 0 Å². The van der Waals surface area contributed by atoms with Crippen LogP contribution in [-0.2, 0) is 16.0 Å². The zero-order valence-corrected chi connectivity index (χ0v) is 17.1. The molecule has 0 heterocycles. The highest BCUT2D eigenvalue weighted by molar-refractivity contribution is 6.35. The molecular weight excluding hydrogens is 402 g/mol. The van der Waals surface area contributed by atoms with Gasteiger partial charge in [0, 0.05) is 32.4 Å². The largest absolute Gasteiger partial charge is 0.300 e. The summed E-state index contributed by atoms with van der Waals surface area (Å²) < 4.78 is 0. The molecule has 1 unspecified atom stereocenters. The quantitative estimate of drug-likeness (QED) is 0.545. The number of hydrogen-bond donors (Lipinski definition) is 0. The molecule has 0 amide bonds. The van der Waals surface area contributed by atoms with E-state index in [1.165, 1.54) is 6.92 Å². The molecule has 0 aliphatic rings. The first-order valence-electron chi connectivity index (χ1n) is 7.50. The average molecular weight is 420 g/mol. The van der Waals surface area contributed by atoms with Crippen molar-refractivity contribution >= 4 is 58.0 Å². The van der Waals surface area contributed by atoms with Gasteiger partial charge in [-0.15, -0.1) is 0 Å². The van der Waals surface area contributed by atoms with Crippen molar-refractivity contribution in [1.82, 2.24) is 0 Å². The van der Waals surface area contributed by atoms with Crippen LogP contribution in [0.1, 0.15) is 37.8 Å². The van der Waals surface area contributed by atoms with Crippen LogP contribution in [0.2, 0.25) is 20.1 Å². The van der Waals surface area contributed by atoms with E-state index in [0.29, 0.717) is 26.5 Å². The van der Waals surface area contributed by atoms with Crippen LogP contribution in [0.5, 0.6) is 0 Å². The zero-order valence-electron chi connectivity index (χ0n) is 14.1. The van der Waals surface area contributed by atoms with Crippen LogP contribution in [0.4, 0.5) is 0 Å². The topological polar surface area (TPSA) is 34.1 Å². The molecule has 0 aliphatic heterocycles. The maximum Gasteiger partial charge on any atom is 0.137 e. The fourth-order valence-corrected chi connectivity index (χ4v) is 3.05. The lowest BCUT2D eigenvalue weighted by molar-refractivity contribution is -0.118. The van der Waals surface area contributed by atoms with Gasteiger partial charge in [0.05, 0.1) is 0 Å². The number of carbonyl (C=O) groups excluding carboxylic acids is 2. The van der Waals surface area contributed by atoms with E-state index in [4.69, 9.17) is 46.4 Å². The second-order valence-corrected chi connectivity index (χ2v) is 7.30. The van der Waals surface area contributed by atoms with E-state index in [0.717, 1.165) is 11.1 Å². The predicted molar refractivity (Wildman–Crippen MR) is 106 cm³/mol. The Morgan fingerprint density at radius 1 is 0.880 bits per heavy atom. The third-order valence-electron chi connectivity index (χ3n) is 3.49. The molecular formula is C19H18Cl4O2. The second-order valence-electron chi connectivity index (χ2n) is 5.61. The highest BCUT2D eigenvalue weighted by atomic mass is 35.5. The lowest BCUT2D eigenvalue weighted by atomic mass is 9.98. The molecule has 0 radical (unpaired) electrons. The van der Waals surface area contributed by atoms with Crippen LogP contribution < -0.4 is 0 Å². The molecule has 0 saturated carbocycles. The summed E-state index contributed by atoms with van der Waals surface area (Å²) >= 11 is 23.2. The van der Waals surface area contributed by atoms with Gasteiger partial charge in [-0.3, -0.25) is 9.59 Å². The van der Waals surface area contributed by atoms with E-state index in [1.807, 2.05) is 6.92 Å². The standard InChI is InChI=1S/C10H10Cl2O.C9H8Cl2O/c1-6(7(2)13)9-4-3-8(11)5-10(9)12;1-6(12)4-7-2-3-8(10)5-9(7)11/h3-6H,1-2H3;2-3,5H,4H2,1H3. The fourth-order valence-electron chi connectivity index (χ4n) is 2.00. The molecule has 0 aliphatic carbocycles. The first-order valence-corrected chi connectivity index (χ1v) is 9.01. The summed E-state index contributed by atoms with van der Waals surface area (Å²) in [5, 5.41) is 2.28. The van der Waals surface area contributed by atoms with Gasteiger partial charge in [-0.25, -0.2) is 0 Å². The molecule has 0 fully saturated rings. The van der Waals surface area contributed by atoms with Crippen molar-refractivity contribution in [1.29, 1.82) is 0 Å². The Labute approximate surface area is 168 Å². The van der Waals surface area contributed by atoms with Crippen LogP contribution in [0.15, 0.2) is 36.4 Å². The summed E-state index contributed by atoms with van der Waals surface area (Å²) in [6, 6.07) is 10.3. The fraction of sp³-hybridized carbons (Fsp3) is 0.263. The summed E-state index contributed by atoms with van der Waals surface area (Å²) in [6.07, 6.45) is 0.371. The maximum atomic E-state index is 11.1. The number of rotatable bonds is 4. The van der Waals surface area contributed by atoms with Crippen molar-refractivity contribution in [2.24, 2.45) is 0 Å². The monoisotopic (exact) mass is 418 g/mol. The van der Waals surface area contributed by atoms with Crippen LogP contribution in [-0.4, -0.2) is 11.6 Å². The molecule has 2 nitrogen and oxygen atoms in total. The van der Waals surface area contributed by atoms with Gasteiger partial charge in [0.1, 0.15) is 11.6 Å². The number of hydrogen-bond acceptors (Lipinski definition) is 2. The highest BCUT2D eigenvalue weighted by Gasteiger charge is 2.13. The Morgan fingerprint density at radius 3 is 1.84 bits per heavy atom. The Kier molecular flexibility index (Phi) is 8.95. The highest BCUT2D eigenvalue weighted by Crippen LogP contribution is 2.27. The molecule has 134 valence electrons. The Morgan fingerprint density at radius 2 is 1.40 bits per heavy atom. The normalized spacial score (nSPS) is 11.3. The van der Waals surface area contributed by atoms with Gasteiger partial charge in [0.15, 0.2) is 0 Å². The SMILES string of the molecule is CC(=O)C(C)c1ccc(Cl)cc1Cl.CC(=O)Cc1ccc(Cl)cc1Cl. The molecule has 6 heteroatoms. The first kappa shape index (κ1) is 22.0. The third-order valence-corrected chi connectivity index (χ3v) is 4.64. The molecule has 0 spiro atoms. The van der Waals surface area contributed by atoms with Crippen LogP contribution in [0, 0.1) is 0 Å². The Balaban J connectivity index is 0.000000251. The molecule has 0 aromatic heterocycles. The van der Waals surface area contributed by atoms with Gasteiger partial charge in [-0.05, 0) is 49.2 Å². The number of carbonyl (C=O) groups is 2. The van der Waals surface area contributed by atoms with Crippen molar-refractivity contribution in [3.63, 3.8) is 0 Å². The van der Waals surface area contributed by atoms with E-state index in [2.05, 4.69) is 0 Å². The molecule has 1 atom stereocenters. The van der Waals surface area contributed by atoms with Gasteiger partial charge >= 0.3 is 0 Å². The Hall–Kier alpha value is -1.06. The lowest BCUT2D eigenvalue weighted by Gasteiger charge is -2.09. The summed E-state index contributed by atoms with van der Waals surface area (Å²) in [4.78, 5) is 21.8. The van der Waals surface area contributed by atoms with Crippen molar-refractivity contribution in [2.45, 2.75) is 33.1 Å². The summed E-state index contributed by atoms with van der Waals surface area (Å²) in [7, 11) is 0. The van der Waals surface area contributed by atoms with E-state index >= 15 is 0 Å². The van der Waals surface area contributed by atoms with Gasteiger partial charge in [-0.1, -0.05) is 65.5 Å². The van der Waals surface area contributed by atoms with E-state index < -0.39 is 0 Å². The predicted octanol–water partition coefficient (Wildman–Crippen LogP) is 6.81. The van der Waals surface area contributed by atoms with Crippen molar-refractivity contribution in [3.8, 4) is 0 Å². The summed E-state index contributed by atoms with van der Waals surface area (Å²) in [6.45, 7) is 4.91. The summed E-state index contributed by atoms with van der Waals surface area (Å²) in [5.41, 5.74) is 1.66. The number of Topliss-reactive ketones (excluding diaryl/α,β-unsaturated/α-hetero) is 2. The van der Waals surface area contributed by atoms with E-state index in [9.17, 15) is 9.59 Å². The third kappa shape index (κ3) is 7.37. The summed E-state index contributed by atoms with van der Waals surface area (Å²) in [5.74, 6) is 0.0354. The molecule has 0 saturated heterocycles. The minimum Gasteiger partial charge on any atom is -0.300 e. The first-order chi connectivity index (χ1) is 11.6. The molecule has 2 rings (SSSR count). The van der Waals surface area contributed by atoms with Gasteiger partial charge in [-0.2, -0.15) is 0 Å². The number of ketones is 2. The lowest BCUT2D eigenvalue weighted by Crippen LogP contribution is -2.04. The minimum atomic E-state index is -0.162. The molecule has 25 heavy (non-hydrogen) atoms. The van der Waals surface area contributed by atoms with Crippen molar-refractivity contribution < 1.29 is 9.59 Å². The van der Waals surface area contributed by atoms with Crippen LogP contribution >= 0.6 is 46.4 Å². The van der Waals surface area contributed by atoms with Crippen LogP contribution in [0.25, 0.3) is 0 Å². The van der Waals surface area contributed by atoms with Crippen LogP contribution in [0.3, 0.4) is 0 Å². The number of benzene rings is 2. The van der Waals surface area contributed by atoms with E-state index in [-0.39, 0.29) is 17.5 Å². The average Bonchev–Trinajstić information content (AvgIpc) is 2.50.